The van der Waals surface area contributed by atoms with Crippen molar-refractivity contribution in [1.82, 2.24) is 0 Å². The van der Waals surface area contributed by atoms with E-state index < -0.39 is 5.83 Å². The topological polar surface area (TPSA) is 17.1 Å². The Labute approximate surface area is 87.7 Å². The minimum absolute atomic E-state index is 0.200. The van der Waals surface area contributed by atoms with Gasteiger partial charge in [-0.3, -0.25) is 0 Å². The predicted molar refractivity (Wildman–Crippen MR) is 59.2 cm³/mol. The molecule has 0 aliphatic rings. The monoisotopic (exact) mass is 261 g/mol. The van der Waals surface area contributed by atoms with E-state index in [-0.39, 0.29) is 5.16 Å². The maximum absolute atomic E-state index is 12.4. The summed E-state index contributed by atoms with van der Waals surface area (Å²) in [6.45, 7) is 5.99. The molecule has 0 saturated carbocycles. The molecule has 1 nitrogen and oxygen atoms in total. The predicted octanol–water partition coefficient (Wildman–Crippen LogP) is 2.56. The molecular weight excluding hydrogens is 246 g/mol. The molecule has 0 bridgehead atoms. The normalized spacial score (nSPS) is 16.6. The van der Waals surface area contributed by atoms with Crippen LogP contribution >= 0.6 is 5.83 Å². The minimum atomic E-state index is -2.35. The molecule has 1 radical (unpaired) electrons. The van der Waals surface area contributed by atoms with Crippen LogP contribution in [0.25, 0.3) is 0 Å². The molecule has 0 heterocycles. The molecule has 0 spiro atoms. The number of rotatable bonds is 1. The molecule has 0 saturated heterocycles. The number of hydrogen-bond acceptors (Lipinski definition) is 1. The number of hydrogen-bond donors (Lipinski definition) is 0. The van der Waals surface area contributed by atoms with E-state index in [1.165, 1.54) is 0 Å². The van der Waals surface area contributed by atoms with Gasteiger partial charge in [0.2, 0.25) is 0 Å². The fourth-order valence-electron chi connectivity index (χ4n) is 1.01. The molecule has 1 aromatic carbocycles. The van der Waals surface area contributed by atoms with Crippen molar-refractivity contribution in [3.05, 3.63) is 30.3 Å². The fraction of sp³-hybridized carbons (Fsp3) is 0.400. The van der Waals surface area contributed by atoms with Gasteiger partial charge in [-0.1, -0.05) is 0 Å². The molecule has 1 rings (SSSR count). The SMILES string of the molecule is CC(C)(C)[P@@](=O)([Se])c1ccccc1. The third-order valence-corrected chi connectivity index (χ3v) is 9.50. The first-order valence-electron chi connectivity index (χ1n) is 4.22. The summed E-state index contributed by atoms with van der Waals surface area (Å²) in [6, 6.07) is 9.62. The molecule has 0 fully saturated rings. The van der Waals surface area contributed by atoms with Crippen molar-refractivity contribution >= 4 is 26.7 Å². The van der Waals surface area contributed by atoms with Gasteiger partial charge in [0.05, 0.1) is 0 Å². The second-order valence-electron chi connectivity index (χ2n) is 4.06. The Balaban J connectivity index is 3.17. The van der Waals surface area contributed by atoms with E-state index in [9.17, 15) is 4.57 Å². The van der Waals surface area contributed by atoms with Crippen LogP contribution < -0.4 is 5.30 Å². The molecule has 0 aliphatic heterocycles. The second kappa shape index (κ2) is 3.61. The summed E-state index contributed by atoms with van der Waals surface area (Å²) in [5.74, 6) is -2.35. The van der Waals surface area contributed by atoms with Crippen molar-refractivity contribution in [2.24, 2.45) is 0 Å². The molecule has 71 valence electrons. The van der Waals surface area contributed by atoms with Crippen molar-refractivity contribution < 1.29 is 4.57 Å². The van der Waals surface area contributed by atoms with E-state index in [4.69, 9.17) is 0 Å². The fourth-order valence-corrected chi connectivity index (χ4v) is 3.12. The van der Waals surface area contributed by atoms with Crippen LogP contribution in [0.2, 0.25) is 0 Å². The molecule has 3 heteroatoms. The van der Waals surface area contributed by atoms with Crippen LogP contribution in [0.1, 0.15) is 20.8 Å². The van der Waals surface area contributed by atoms with Gasteiger partial charge in [-0.25, -0.2) is 0 Å². The van der Waals surface area contributed by atoms with Crippen LogP contribution in [0.5, 0.6) is 0 Å². The van der Waals surface area contributed by atoms with Crippen LogP contribution in [0.3, 0.4) is 0 Å². The summed E-state index contributed by atoms with van der Waals surface area (Å²) >= 11 is 2.87. The Morgan fingerprint density at radius 3 is 2.00 bits per heavy atom. The van der Waals surface area contributed by atoms with Gasteiger partial charge in [0.15, 0.2) is 0 Å². The van der Waals surface area contributed by atoms with Gasteiger partial charge in [-0.2, -0.15) is 0 Å². The van der Waals surface area contributed by atoms with E-state index in [0.717, 1.165) is 5.30 Å². The molecule has 0 aromatic heterocycles. The first-order valence-corrected chi connectivity index (χ1v) is 8.15. The Kier molecular flexibility index (Phi) is 3.07. The molecule has 0 aliphatic carbocycles. The second-order valence-corrected chi connectivity index (χ2v) is 10.3. The van der Waals surface area contributed by atoms with Gasteiger partial charge in [0.1, 0.15) is 0 Å². The zero-order valence-corrected chi connectivity index (χ0v) is 10.8. The molecule has 13 heavy (non-hydrogen) atoms. The average molecular weight is 260 g/mol. The summed E-state index contributed by atoms with van der Waals surface area (Å²) in [7, 11) is 0. The van der Waals surface area contributed by atoms with Crippen molar-refractivity contribution in [2.75, 3.05) is 0 Å². The van der Waals surface area contributed by atoms with E-state index in [1.54, 1.807) is 0 Å². The summed E-state index contributed by atoms with van der Waals surface area (Å²) in [4.78, 5) is 0. The molecule has 0 amide bonds. The van der Waals surface area contributed by atoms with Crippen molar-refractivity contribution in [1.29, 1.82) is 0 Å². The average Bonchev–Trinajstić information content (AvgIpc) is 2.04. The molecular formula is C10H14OPSe. The van der Waals surface area contributed by atoms with Gasteiger partial charge in [-0.05, 0) is 0 Å². The maximum atomic E-state index is 12.4. The van der Waals surface area contributed by atoms with Crippen LogP contribution in [0, 0.1) is 0 Å². The summed E-state index contributed by atoms with van der Waals surface area (Å²) < 4.78 is 12.4. The van der Waals surface area contributed by atoms with Crippen molar-refractivity contribution in [2.45, 2.75) is 25.9 Å². The first kappa shape index (κ1) is 11.0. The summed E-state index contributed by atoms with van der Waals surface area (Å²) in [5, 5.41) is 0.719. The molecule has 1 aromatic rings. The van der Waals surface area contributed by atoms with Crippen molar-refractivity contribution in [3.8, 4) is 0 Å². The van der Waals surface area contributed by atoms with E-state index in [1.807, 2.05) is 51.1 Å². The first-order chi connectivity index (χ1) is 5.86. The molecule has 1 atom stereocenters. The van der Waals surface area contributed by atoms with Gasteiger partial charge in [0.25, 0.3) is 0 Å². The standard InChI is InChI=1S/C10H14OPSe/c1-10(2,3)12(11,13)9-7-5-4-6-8-9/h4-8H,1-3H3/t12-/m0/s1. The van der Waals surface area contributed by atoms with E-state index >= 15 is 0 Å². The third kappa shape index (κ3) is 2.25. The summed E-state index contributed by atoms with van der Waals surface area (Å²) in [6.07, 6.45) is 0. The molecule has 0 unspecified atom stereocenters. The zero-order chi connectivity index (χ0) is 10.1. The van der Waals surface area contributed by atoms with Crippen LogP contribution in [0.15, 0.2) is 30.3 Å². The van der Waals surface area contributed by atoms with Gasteiger partial charge < -0.3 is 0 Å². The Morgan fingerprint density at radius 1 is 1.15 bits per heavy atom. The quantitative estimate of drug-likeness (QED) is 0.560. The molecule has 0 N–H and O–H groups in total. The van der Waals surface area contributed by atoms with Gasteiger partial charge >= 0.3 is 87.5 Å². The van der Waals surface area contributed by atoms with Crippen LogP contribution in [-0.4, -0.2) is 20.7 Å². The van der Waals surface area contributed by atoms with Gasteiger partial charge in [0, 0.05) is 0 Å². The summed E-state index contributed by atoms with van der Waals surface area (Å²) in [5.41, 5.74) is 0. The van der Waals surface area contributed by atoms with Crippen LogP contribution in [-0.2, 0) is 4.57 Å². The van der Waals surface area contributed by atoms with E-state index in [2.05, 4.69) is 15.6 Å². The van der Waals surface area contributed by atoms with Crippen LogP contribution in [0.4, 0.5) is 0 Å². The van der Waals surface area contributed by atoms with Crippen molar-refractivity contribution in [3.63, 3.8) is 0 Å². The Morgan fingerprint density at radius 2 is 1.62 bits per heavy atom. The van der Waals surface area contributed by atoms with E-state index in [0.29, 0.717) is 0 Å². The Hall–Kier alpha value is -0.0305. The zero-order valence-electron chi connectivity index (χ0n) is 8.15. The Bertz CT molecular complexity index is 327. The van der Waals surface area contributed by atoms with Gasteiger partial charge in [-0.15, -0.1) is 0 Å². The third-order valence-electron chi connectivity index (χ3n) is 1.98. The number of benzene rings is 1.